The summed E-state index contributed by atoms with van der Waals surface area (Å²) in [4.78, 5) is 28.7. The first-order chi connectivity index (χ1) is 14.5. The number of phenolic OH excluding ortho intramolecular Hbond substituents is 1. The van der Waals surface area contributed by atoms with Gasteiger partial charge in [-0.2, -0.15) is 0 Å². The number of carbonyl (C=O) groups is 2. The summed E-state index contributed by atoms with van der Waals surface area (Å²) >= 11 is 0. The highest BCUT2D eigenvalue weighted by Gasteiger charge is 2.36. The van der Waals surface area contributed by atoms with Crippen molar-refractivity contribution in [1.29, 1.82) is 0 Å². The Balaban J connectivity index is 1.33. The molecule has 1 N–H and O–H groups in total. The van der Waals surface area contributed by atoms with Crippen LogP contribution in [0.2, 0.25) is 0 Å². The maximum Gasteiger partial charge on any atom is 0.260 e. The van der Waals surface area contributed by atoms with E-state index in [-0.39, 0.29) is 65.1 Å². The molecule has 3 heterocycles. The van der Waals surface area contributed by atoms with Crippen LogP contribution in [0, 0.1) is 0 Å². The molecule has 3 aliphatic heterocycles. The number of sulfone groups is 1. The minimum absolute atomic E-state index is 0.0453. The number of amides is 1. The lowest BCUT2D eigenvalue weighted by Crippen LogP contribution is -2.53. The van der Waals surface area contributed by atoms with Gasteiger partial charge in [-0.15, -0.1) is 0 Å². The quantitative estimate of drug-likeness (QED) is 0.715. The zero-order chi connectivity index (χ0) is 22.4. The van der Waals surface area contributed by atoms with Gasteiger partial charge < -0.3 is 19.5 Å². The van der Waals surface area contributed by atoms with E-state index in [9.17, 15) is 23.1 Å². The monoisotopic (exact) mass is 452 g/mol. The van der Waals surface area contributed by atoms with Crippen LogP contribution in [0.4, 0.5) is 0 Å². The second kappa shape index (κ2) is 7.98. The Morgan fingerprint density at radius 1 is 1.26 bits per heavy atom. The Bertz CT molecular complexity index is 997. The maximum absolute atomic E-state index is 12.6. The van der Waals surface area contributed by atoms with Gasteiger partial charge in [0.2, 0.25) is 0 Å². The van der Waals surface area contributed by atoms with Gasteiger partial charge in [0, 0.05) is 44.4 Å². The second-order valence-electron chi connectivity index (χ2n) is 9.04. The Labute approximate surface area is 181 Å². The van der Waals surface area contributed by atoms with Crippen molar-refractivity contribution in [3.05, 3.63) is 17.7 Å². The van der Waals surface area contributed by atoms with Crippen LogP contribution in [0.25, 0.3) is 0 Å². The number of carbonyl (C=O) groups excluding carboxylic acids is 2. The average molecular weight is 453 g/mol. The van der Waals surface area contributed by atoms with Crippen molar-refractivity contribution in [2.75, 3.05) is 44.3 Å². The third kappa shape index (κ3) is 4.79. The molecule has 0 aromatic heterocycles. The van der Waals surface area contributed by atoms with E-state index in [4.69, 9.17) is 9.47 Å². The van der Waals surface area contributed by atoms with E-state index in [1.807, 2.05) is 0 Å². The Hall–Kier alpha value is -2.33. The molecule has 2 saturated heterocycles. The molecule has 1 atom stereocenters. The van der Waals surface area contributed by atoms with Gasteiger partial charge in [-0.1, -0.05) is 0 Å². The topological polar surface area (TPSA) is 113 Å². The molecule has 0 spiro atoms. The molecule has 0 saturated carbocycles. The number of benzene rings is 1. The summed E-state index contributed by atoms with van der Waals surface area (Å²) in [6.07, 6.45) is 0.827. The minimum Gasteiger partial charge on any atom is -0.507 e. The van der Waals surface area contributed by atoms with E-state index in [0.717, 1.165) is 0 Å². The molecular weight excluding hydrogens is 424 g/mol. The van der Waals surface area contributed by atoms with Crippen molar-refractivity contribution in [2.24, 2.45) is 0 Å². The lowest BCUT2D eigenvalue weighted by molar-refractivity contribution is -0.135. The maximum atomic E-state index is 12.6. The number of ether oxygens (including phenoxy) is 2. The summed E-state index contributed by atoms with van der Waals surface area (Å²) in [5, 5.41) is 10.2. The first-order valence-electron chi connectivity index (χ1n) is 10.5. The number of aromatic hydroxyl groups is 1. The Kier molecular flexibility index (Phi) is 5.63. The third-order valence-corrected chi connectivity index (χ3v) is 7.81. The molecule has 0 bridgehead atoms. The molecule has 3 aliphatic rings. The van der Waals surface area contributed by atoms with Crippen LogP contribution in [-0.4, -0.2) is 90.9 Å². The molecule has 1 amide bonds. The standard InChI is InChI=1S/C21H28N2O7S/c1-21(2)11-17(25)20-16(24)9-15(10-18(20)30-21)29-12-19(26)23-6-4-22(5-7-23)14-3-8-31(27,28)13-14/h9-10,14,24H,3-8,11-13H2,1-2H3/t14-/m0/s1. The lowest BCUT2D eigenvalue weighted by atomic mass is 9.92. The first-order valence-corrected chi connectivity index (χ1v) is 12.3. The van der Waals surface area contributed by atoms with Crippen LogP contribution in [0.5, 0.6) is 17.2 Å². The number of piperazine rings is 1. The number of hydrogen-bond donors (Lipinski definition) is 1. The van der Waals surface area contributed by atoms with Crippen molar-refractivity contribution in [3.63, 3.8) is 0 Å². The largest absolute Gasteiger partial charge is 0.507 e. The van der Waals surface area contributed by atoms with E-state index in [0.29, 0.717) is 32.6 Å². The van der Waals surface area contributed by atoms with Crippen molar-refractivity contribution in [1.82, 2.24) is 9.80 Å². The highest BCUT2D eigenvalue weighted by atomic mass is 32.2. The number of nitrogens with zero attached hydrogens (tertiary/aromatic N) is 2. The van der Waals surface area contributed by atoms with Gasteiger partial charge in [-0.05, 0) is 20.3 Å². The van der Waals surface area contributed by atoms with E-state index in [2.05, 4.69) is 4.90 Å². The molecule has 1 aromatic carbocycles. The van der Waals surface area contributed by atoms with Crippen molar-refractivity contribution >= 4 is 21.5 Å². The first kappa shape index (κ1) is 21.9. The number of hydrogen-bond acceptors (Lipinski definition) is 8. The van der Waals surface area contributed by atoms with Gasteiger partial charge in [-0.3, -0.25) is 14.5 Å². The van der Waals surface area contributed by atoms with Crippen LogP contribution in [0.1, 0.15) is 37.0 Å². The lowest BCUT2D eigenvalue weighted by Gasteiger charge is -2.37. The summed E-state index contributed by atoms with van der Waals surface area (Å²) in [7, 11) is -2.93. The summed E-state index contributed by atoms with van der Waals surface area (Å²) in [5.74, 6) is 0.347. The molecule has 1 aromatic rings. The van der Waals surface area contributed by atoms with Crippen molar-refractivity contribution in [2.45, 2.75) is 38.3 Å². The molecule has 4 rings (SSSR count). The summed E-state index contributed by atoms with van der Waals surface area (Å²) in [6, 6.07) is 2.90. The molecule has 10 heteroatoms. The molecule has 0 aliphatic carbocycles. The highest BCUT2D eigenvalue weighted by Crippen LogP contribution is 2.40. The molecule has 2 fully saturated rings. The van der Waals surface area contributed by atoms with E-state index >= 15 is 0 Å². The fourth-order valence-electron chi connectivity index (χ4n) is 4.47. The third-order valence-electron chi connectivity index (χ3n) is 6.06. The van der Waals surface area contributed by atoms with Gasteiger partial charge in [-0.25, -0.2) is 8.42 Å². The molecule has 170 valence electrons. The molecule has 0 unspecified atom stereocenters. The number of Topliss-reactive ketones (excluding diaryl/α,β-unsaturated/α-hetero) is 1. The fourth-order valence-corrected chi connectivity index (χ4v) is 6.23. The van der Waals surface area contributed by atoms with Gasteiger partial charge in [0.15, 0.2) is 22.2 Å². The van der Waals surface area contributed by atoms with Crippen LogP contribution < -0.4 is 9.47 Å². The average Bonchev–Trinajstić information content (AvgIpc) is 3.04. The predicted molar refractivity (Wildman–Crippen MR) is 112 cm³/mol. The van der Waals surface area contributed by atoms with Crippen LogP contribution in [-0.2, 0) is 14.6 Å². The molecular formula is C21H28N2O7S. The van der Waals surface area contributed by atoms with Gasteiger partial charge in [0.25, 0.3) is 5.91 Å². The summed E-state index contributed by atoms with van der Waals surface area (Å²) in [5.41, 5.74) is -0.536. The van der Waals surface area contributed by atoms with Gasteiger partial charge >= 0.3 is 0 Å². The van der Waals surface area contributed by atoms with Crippen LogP contribution in [0.15, 0.2) is 12.1 Å². The van der Waals surface area contributed by atoms with E-state index in [1.54, 1.807) is 18.7 Å². The normalized spacial score (nSPS) is 25.0. The Morgan fingerprint density at radius 2 is 1.97 bits per heavy atom. The summed E-state index contributed by atoms with van der Waals surface area (Å²) in [6.45, 7) is 5.69. The number of phenols is 1. The van der Waals surface area contributed by atoms with Gasteiger partial charge in [0.1, 0.15) is 28.4 Å². The van der Waals surface area contributed by atoms with E-state index < -0.39 is 15.4 Å². The number of ketones is 1. The molecule has 9 nitrogen and oxygen atoms in total. The smallest absolute Gasteiger partial charge is 0.260 e. The van der Waals surface area contributed by atoms with Crippen molar-refractivity contribution in [3.8, 4) is 17.2 Å². The van der Waals surface area contributed by atoms with E-state index in [1.165, 1.54) is 12.1 Å². The Morgan fingerprint density at radius 3 is 2.61 bits per heavy atom. The number of rotatable bonds is 4. The van der Waals surface area contributed by atoms with Crippen LogP contribution in [0.3, 0.4) is 0 Å². The molecule has 31 heavy (non-hydrogen) atoms. The predicted octanol–water partition coefficient (Wildman–Crippen LogP) is 0.846. The highest BCUT2D eigenvalue weighted by molar-refractivity contribution is 7.91. The molecule has 0 radical (unpaired) electrons. The SMILES string of the molecule is CC1(C)CC(=O)c2c(O)cc(OCC(=O)N3CCN([C@H]4CCS(=O)(=O)C4)CC3)cc2O1. The fraction of sp³-hybridized carbons (Fsp3) is 0.619. The summed E-state index contributed by atoms with van der Waals surface area (Å²) < 4.78 is 34.8. The number of fused-ring (bicyclic) bond motifs is 1. The second-order valence-corrected chi connectivity index (χ2v) is 11.3. The van der Waals surface area contributed by atoms with Crippen molar-refractivity contribution < 1.29 is 32.6 Å². The zero-order valence-corrected chi connectivity index (χ0v) is 18.6. The van der Waals surface area contributed by atoms with Crippen LogP contribution >= 0.6 is 0 Å². The zero-order valence-electron chi connectivity index (χ0n) is 17.8. The van der Waals surface area contributed by atoms with Gasteiger partial charge in [0.05, 0.1) is 17.9 Å². The minimum atomic E-state index is -2.93.